The van der Waals surface area contributed by atoms with Crippen LogP contribution in [-0.4, -0.2) is 18.3 Å². The van der Waals surface area contributed by atoms with Gasteiger partial charge in [-0.2, -0.15) is 5.26 Å². The lowest BCUT2D eigenvalue weighted by molar-refractivity contribution is -0.388. The van der Waals surface area contributed by atoms with Crippen LogP contribution in [0.5, 0.6) is 0 Å². The van der Waals surface area contributed by atoms with Crippen LogP contribution in [-0.2, 0) is 9.05 Å². The number of nitro groups is 1. The molecule has 0 N–H and O–H groups in total. The van der Waals surface area contributed by atoms with Crippen molar-refractivity contribution in [2.24, 2.45) is 0 Å². The fraction of sp³-hybridized carbons (Fsp3) is 0. The Kier molecular flexibility index (Phi) is 2.88. The molecule has 1 heterocycles. The highest BCUT2D eigenvalue weighted by atomic mass is 35.7. The molecule has 0 atom stereocenters. The predicted octanol–water partition coefficient (Wildman–Crippen LogP) is 0.789. The molecule has 0 aliphatic carbocycles. The van der Waals surface area contributed by atoms with E-state index in [0.29, 0.717) is 0 Å². The molecule has 15 heavy (non-hydrogen) atoms. The van der Waals surface area contributed by atoms with Crippen molar-refractivity contribution >= 4 is 25.4 Å². The van der Waals surface area contributed by atoms with Crippen molar-refractivity contribution in [1.29, 1.82) is 5.26 Å². The first-order chi connectivity index (χ1) is 6.86. The summed E-state index contributed by atoms with van der Waals surface area (Å²) in [6.45, 7) is 0. The molecule has 0 fully saturated rings. The van der Waals surface area contributed by atoms with Gasteiger partial charge in [0, 0.05) is 22.9 Å². The van der Waals surface area contributed by atoms with Gasteiger partial charge in [0.05, 0.1) is 10.5 Å². The maximum absolute atomic E-state index is 10.9. The Morgan fingerprint density at radius 3 is 2.60 bits per heavy atom. The average molecular weight is 248 g/mol. The molecule has 1 aromatic rings. The second-order valence-corrected chi connectivity index (χ2v) is 4.84. The molecule has 7 nitrogen and oxygen atoms in total. The van der Waals surface area contributed by atoms with Gasteiger partial charge in [0.25, 0.3) is 9.05 Å². The Morgan fingerprint density at radius 1 is 1.60 bits per heavy atom. The van der Waals surface area contributed by atoms with Gasteiger partial charge in [-0.1, -0.05) is 0 Å². The topological polar surface area (TPSA) is 114 Å². The van der Waals surface area contributed by atoms with Crippen molar-refractivity contribution in [3.05, 3.63) is 27.9 Å². The molecule has 78 valence electrons. The third-order valence-corrected chi connectivity index (χ3v) is 2.60. The lowest BCUT2D eigenvalue weighted by atomic mass is 10.3. The second kappa shape index (κ2) is 3.80. The number of halogens is 1. The molecule has 1 rings (SSSR count). The van der Waals surface area contributed by atoms with Crippen molar-refractivity contribution in [2.45, 2.75) is 5.03 Å². The molecule has 0 radical (unpaired) electrons. The molecule has 0 amide bonds. The summed E-state index contributed by atoms with van der Waals surface area (Å²) in [6.07, 6.45) is 0.891. The van der Waals surface area contributed by atoms with E-state index in [0.717, 1.165) is 12.3 Å². The Hall–Kier alpha value is -1.72. The number of hydrogen-bond acceptors (Lipinski definition) is 6. The fourth-order valence-corrected chi connectivity index (χ4v) is 1.74. The third kappa shape index (κ3) is 2.39. The van der Waals surface area contributed by atoms with Crippen LogP contribution in [0.4, 0.5) is 5.69 Å². The van der Waals surface area contributed by atoms with Crippen LogP contribution in [0.15, 0.2) is 17.3 Å². The highest BCUT2D eigenvalue weighted by Crippen LogP contribution is 2.24. The molecule has 0 aromatic carbocycles. The zero-order valence-corrected chi connectivity index (χ0v) is 8.49. The molecular formula is C6H2ClN3O4S. The molecule has 0 unspecified atom stereocenters. The number of nitriles is 1. The second-order valence-electron chi connectivity index (χ2n) is 2.36. The van der Waals surface area contributed by atoms with Gasteiger partial charge in [0.15, 0.2) is 0 Å². The van der Waals surface area contributed by atoms with E-state index in [1.807, 2.05) is 0 Å². The minimum atomic E-state index is -4.29. The molecule has 9 heteroatoms. The van der Waals surface area contributed by atoms with Crippen molar-refractivity contribution < 1.29 is 13.3 Å². The van der Waals surface area contributed by atoms with Crippen LogP contribution >= 0.6 is 10.7 Å². The van der Waals surface area contributed by atoms with E-state index in [-0.39, 0.29) is 5.56 Å². The summed E-state index contributed by atoms with van der Waals surface area (Å²) in [5, 5.41) is 18.0. The van der Waals surface area contributed by atoms with Crippen molar-refractivity contribution in [3.63, 3.8) is 0 Å². The number of aromatic nitrogens is 1. The van der Waals surface area contributed by atoms with Gasteiger partial charge in [-0.3, -0.25) is 10.1 Å². The summed E-state index contributed by atoms with van der Waals surface area (Å²) < 4.78 is 21.7. The molecular weight excluding hydrogens is 246 g/mol. The standard InChI is InChI=1S/C6H2ClN3O4S/c7-15(13,14)6-5(10(11)12)1-4(2-8)3-9-6/h1,3H. The molecule has 1 aromatic heterocycles. The first-order valence-electron chi connectivity index (χ1n) is 3.35. The largest absolute Gasteiger partial charge is 0.309 e. The average Bonchev–Trinajstić information content (AvgIpc) is 2.15. The van der Waals surface area contributed by atoms with Crippen LogP contribution in [0.25, 0.3) is 0 Å². The van der Waals surface area contributed by atoms with E-state index >= 15 is 0 Å². The Labute approximate surface area is 88.5 Å². The maximum Gasteiger partial charge on any atom is 0.309 e. The van der Waals surface area contributed by atoms with E-state index in [2.05, 4.69) is 4.98 Å². The SMILES string of the molecule is N#Cc1cnc(S(=O)(=O)Cl)c([N+](=O)[O-])c1. The summed E-state index contributed by atoms with van der Waals surface area (Å²) in [5.41, 5.74) is -0.935. The normalized spacial score (nSPS) is 10.7. The van der Waals surface area contributed by atoms with Gasteiger partial charge in [-0.15, -0.1) is 0 Å². The molecule has 0 aliphatic rings. The van der Waals surface area contributed by atoms with Gasteiger partial charge in [0.2, 0.25) is 5.03 Å². The van der Waals surface area contributed by atoms with Crippen LogP contribution in [0.1, 0.15) is 5.56 Å². The Balaban J connectivity index is 3.57. The van der Waals surface area contributed by atoms with Gasteiger partial charge in [0.1, 0.15) is 6.07 Å². The van der Waals surface area contributed by atoms with Crippen LogP contribution in [0, 0.1) is 21.4 Å². The van der Waals surface area contributed by atoms with E-state index in [1.165, 1.54) is 0 Å². The van der Waals surface area contributed by atoms with Crippen LogP contribution in [0.2, 0.25) is 0 Å². The Morgan fingerprint density at radius 2 is 2.20 bits per heavy atom. The van der Waals surface area contributed by atoms with Gasteiger partial charge < -0.3 is 0 Å². The van der Waals surface area contributed by atoms with Crippen molar-refractivity contribution in [2.75, 3.05) is 0 Å². The lowest BCUT2D eigenvalue weighted by Crippen LogP contribution is -2.02. The molecule has 0 saturated heterocycles. The zero-order valence-electron chi connectivity index (χ0n) is 6.92. The Bertz CT molecular complexity index is 562. The summed E-state index contributed by atoms with van der Waals surface area (Å²) in [5.74, 6) is 0. The summed E-state index contributed by atoms with van der Waals surface area (Å²) in [4.78, 5) is 12.8. The first-order valence-corrected chi connectivity index (χ1v) is 5.66. The van der Waals surface area contributed by atoms with Crippen molar-refractivity contribution in [3.8, 4) is 6.07 Å². The molecule has 0 saturated carbocycles. The van der Waals surface area contributed by atoms with Gasteiger partial charge in [-0.25, -0.2) is 13.4 Å². The lowest BCUT2D eigenvalue weighted by Gasteiger charge is -1.97. The number of pyridine rings is 1. The number of hydrogen-bond donors (Lipinski definition) is 0. The van der Waals surface area contributed by atoms with Gasteiger partial charge in [-0.05, 0) is 0 Å². The first kappa shape index (κ1) is 11.4. The number of rotatable bonds is 2. The van der Waals surface area contributed by atoms with Crippen LogP contribution in [0.3, 0.4) is 0 Å². The van der Waals surface area contributed by atoms with E-state index in [4.69, 9.17) is 15.9 Å². The van der Waals surface area contributed by atoms with Crippen LogP contribution < -0.4 is 0 Å². The molecule has 0 spiro atoms. The molecule has 0 aliphatic heterocycles. The predicted molar refractivity (Wildman–Crippen MR) is 48.6 cm³/mol. The number of nitrogens with zero attached hydrogens (tertiary/aromatic N) is 3. The van der Waals surface area contributed by atoms with E-state index < -0.39 is 24.7 Å². The monoisotopic (exact) mass is 247 g/mol. The highest BCUT2D eigenvalue weighted by molar-refractivity contribution is 8.13. The summed E-state index contributed by atoms with van der Waals surface area (Å²) >= 11 is 0. The quantitative estimate of drug-likeness (QED) is 0.433. The smallest absolute Gasteiger partial charge is 0.258 e. The third-order valence-electron chi connectivity index (χ3n) is 1.39. The maximum atomic E-state index is 10.9. The highest BCUT2D eigenvalue weighted by Gasteiger charge is 2.26. The minimum Gasteiger partial charge on any atom is -0.258 e. The summed E-state index contributed by atoms with van der Waals surface area (Å²) in [6, 6.07) is 2.39. The fourth-order valence-electron chi connectivity index (χ4n) is 0.820. The van der Waals surface area contributed by atoms with E-state index in [1.54, 1.807) is 6.07 Å². The summed E-state index contributed by atoms with van der Waals surface area (Å²) in [7, 11) is 0.632. The van der Waals surface area contributed by atoms with Gasteiger partial charge >= 0.3 is 5.69 Å². The minimum absolute atomic E-state index is 0.120. The van der Waals surface area contributed by atoms with Crippen molar-refractivity contribution in [1.82, 2.24) is 4.98 Å². The van der Waals surface area contributed by atoms with E-state index in [9.17, 15) is 18.5 Å². The molecule has 0 bridgehead atoms. The zero-order chi connectivity index (χ0) is 11.6.